The van der Waals surface area contributed by atoms with Gasteiger partial charge in [0.05, 0.1) is 12.2 Å². The molecule has 0 spiro atoms. The van der Waals surface area contributed by atoms with Crippen LogP contribution < -0.4 is 0 Å². The van der Waals surface area contributed by atoms with Crippen molar-refractivity contribution >= 4 is 23.2 Å². The Labute approximate surface area is 126 Å². The summed E-state index contributed by atoms with van der Waals surface area (Å²) in [6, 6.07) is 11.3. The van der Waals surface area contributed by atoms with Crippen LogP contribution in [0.5, 0.6) is 0 Å². The molecule has 0 radical (unpaired) electrons. The summed E-state index contributed by atoms with van der Waals surface area (Å²) < 4.78 is 1.88. The van der Waals surface area contributed by atoms with Crippen LogP contribution in [0.4, 0.5) is 0 Å². The lowest BCUT2D eigenvalue weighted by Crippen LogP contribution is -2.04. The van der Waals surface area contributed by atoms with Gasteiger partial charge in [0.15, 0.2) is 0 Å². The molecule has 0 aliphatic heterocycles. The molecule has 0 aliphatic rings. The van der Waals surface area contributed by atoms with E-state index in [-0.39, 0.29) is 0 Å². The van der Waals surface area contributed by atoms with Gasteiger partial charge in [-0.05, 0) is 30.3 Å². The molecule has 0 saturated heterocycles. The largest absolute Gasteiger partial charge is 0.265 e. The SMILES string of the molecule is Clc1cccc(Cl)c1Cn1nccc1-c1ccncc1. The topological polar surface area (TPSA) is 30.7 Å². The first kappa shape index (κ1) is 13.2. The van der Waals surface area contributed by atoms with Gasteiger partial charge in [0.25, 0.3) is 0 Å². The summed E-state index contributed by atoms with van der Waals surface area (Å²) in [5.41, 5.74) is 2.93. The molecule has 1 aromatic carbocycles. The van der Waals surface area contributed by atoms with Gasteiger partial charge in [0.1, 0.15) is 0 Å². The van der Waals surface area contributed by atoms with Crippen LogP contribution in [0, 0.1) is 0 Å². The Balaban J connectivity index is 1.99. The zero-order chi connectivity index (χ0) is 13.9. The second-order valence-corrected chi connectivity index (χ2v) is 5.12. The lowest BCUT2D eigenvalue weighted by molar-refractivity contribution is 0.694. The van der Waals surface area contributed by atoms with Crippen LogP contribution in [0.25, 0.3) is 11.3 Å². The minimum Gasteiger partial charge on any atom is -0.265 e. The van der Waals surface area contributed by atoms with Crippen molar-refractivity contribution in [3.05, 3.63) is 70.6 Å². The Morgan fingerprint density at radius 2 is 1.60 bits per heavy atom. The minimum absolute atomic E-state index is 0.531. The molecule has 100 valence electrons. The molecule has 0 saturated carbocycles. The molecule has 2 heterocycles. The fourth-order valence-corrected chi connectivity index (χ4v) is 2.58. The molecule has 3 nitrogen and oxygen atoms in total. The molecule has 5 heteroatoms. The van der Waals surface area contributed by atoms with Gasteiger partial charge in [-0.25, -0.2) is 0 Å². The summed E-state index contributed by atoms with van der Waals surface area (Å²) in [5.74, 6) is 0. The van der Waals surface area contributed by atoms with Gasteiger partial charge in [-0.3, -0.25) is 9.67 Å². The summed E-state index contributed by atoms with van der Waals surface area (Å²) in [6.07, 6.45) is 5.28. The molecule has 3 rings (SSSR count). The molecule has 0 aliphatic carbocycles. The summed E-state index contributed by atoms with van der Waals surface area (Å²) in [6.45, 7) is 0.531. The van der Waals surface area contributed by atoms with E-state index in [1.54, 1.807) is 18.6 Å². The monoisotopic (exact) mass is 303 g/mol. The molecule has 20 heavy (non-hydrogen) atoms. The Kier molecular flexibility index (Phi) is 3.72. The van der Waals surface area contributed by atoms with Crippen LogP contribution in [-0.4, -0.2) is 14.8 Å². The maximum Gasteiger partial charge on any atom is 0.0695 e. The molecule has 2 aromatic heterocycles. The number of pyridine rings is 1. The van der Waals surface area contributed by atoms with E-state index in [0.717, 1.165) is 16.8 Å². The molecular formula is C15H11Cl2N3. The van der Waals surface area contributed by atoms with Gasteiger partial charge < -0.3 is 0 Å². The predicted octanol–water partition coefficient (Wildman–Crippen LogP) is 4.30. The fourth-order valence-electron chi connectivity index (χ4n) is 2.06. The number of aromatic nitrogens is 3. The van der Waals surface area contributed by atoms with Crippen molar-refractivity contribution in [2.24, 2.45) is 0 Å². The van der Waals surface area contributed by atoms with Gasteiger partial charge in [0.2, 0.25) is 0 Å². The average molecular weight is 304 g/mol. The van der Waals surface area contributed by atoms with Crippen molar-refractivity contribution in [3.63, 3.8) is 0 Å². The van der Waals surface area contributed by atoms with E-state index in [0.29, 0.717) is 16.6 Å². The van der Waals surface area contributed by atoms with Gasteiger partial charge in [-0.1, -0.05) is 29.3 Å². The average Bonchev–Trinajstić information content (AvgIpc) is 2.92. The van der Waals surface area contributed by atoms with Gasteiger partial charge in [0, 0.05) is 39.8 Å². The number of hydrogen-bond acceptors (Lipinski definition) is 2. The van der Waals surface area contributed by atoms with E-state index in [4.69, 9.17) is 23.2 Å². The van der Waals surface area contributed by atoms with Crippen LogP contribution in [0.3, 0.4) is 0 Å². The van der Waals surface area contributed by atoms with Crippen molar-refractivity contribution in [2.45, 2.75) is 6.54 Å². The zero-order valence-electron chi connectivity index (χ0n) is 10.5. The Bertz CT molecular complexity index is 703. The highest BCUT2D eigenvalue weighted by Crippen LogP contribution is 2.27. The Morgan fingerprint density at radius 1 is 0.900 bits per heavy atom. The van der Waals surface area contributed by atoms with Crippen LogP contribution in [0.2, 0.25) is 10.0 Å². The molecule has 0 atom stereocenters. The van der Waals surface area contributed by atoms with Gasteiger partial charge >= 0.3 is 0 Å². The van der Waals surface area contributed by atoms with Crippen molar-refractivity contribution in [2.75, 3.05) is 0 Å². The lowest BCUT2D eigenvalue weighted by atomic mass is 10.2. The number of rotatable bonds is 3. The van der Waals surface area contributed by atoms with E-state index in [1.165, 1.54) is 0 Å². The van der Waals surface area contributed by atoms with Crippen molar-refractivity contribution < 1.29 is 0 Å². The standard InChI is InChI=1S/C15H11Cl2N3/c16-13-2-1-3-14(17)12(13)10-20-15(6-9-19-20)11-4-7-18-8-5-11/h1-9H,10H2. The first-order chi connectivity index (χ1) is 9.75. The fraction of sp³-hybridized carbons (Fsp3) is 0.0667. The number of benzene rings is 1. The van der Waals surface area contributed by atoms with Crippen LogP contribution in [0.15, 0.2) is 55.0 Å². The van der Waals surface area contributed by atoms with E-state index in [1.807, 2.05) is 41.1 Å². The van der Waals surface area contributed by atoms with Crippen LogP contribution in [0.1, 0.15) is 5.56 Å². The van der Waals surface area contributed by atoms with E-state index in [9.17, 15) is 0 Å². The number of hydrogen-bond donors (Lipinski definition) is 0. The third kappa shape index (κ3) is 2.55. The first-order valence-corrected chi connectivity index (χ1v) is 6.86. The zero-order valence-corrected chi connectivity index (χ0v) is 12.0. The molecule has 0 N–H and O–H groups in total. The van der Waals surface area contributed by atoms with E-state index in [2.05, 4.69) is 10.1 Å². The van der Waals surface area contributed by atoms with Crippen LogP contribution in [-0.2, 0) is 6.54 Å². The third-order valence-corrected chi connectivity index (χ3v) is 3.77. The highest BCUT2D eigenvalue weighted by atomic mass is 35.5. The molecule has 0 fully saturated rings. The second kappa shape index (κ2) is 5.65. The molecule has 0 unspecified atom stereocenters. The molecule has 0 bridgehead atoms. The van der Waals surface area contributed by atoms with E-state index < -0.39 is 0 Å². The number of halogens is 2. The Morgan fingerprint density at radius 3 is 2.30 bits per heavy atom. The predicted molar refractivity (Wildman–Crippen MR) is 81.0 cm³/mol. The third-order valence-electron chi connectivity index (χ3n) is 3.06. The highest BCUT2D eigenvalue weighted by molar-refractivity contribution is 6.35. The smallest absolute Gasteiger partial charge is 0.0695 e. The quantitative estimate of drug-likeness (QED) is 0.722. The van der Waals surface area contributed by atoms with Crippen molar-refractivity contribution in [1.29, 1.82) is 0 Å². The van der Waals surface area contributed by atoms with E-state index >= 15 is 0 Å². The van der Waals surface area contributed by atoms with Crippen molar-refractivity contribution in [3.8, 4) is 11.3 Å². The summed E-state index contributed by atoms with van der Waals surface area (Å²) >= 11 is 12.4. The Hall–Kier alpha value is -1.84. The minimum atomic E-state index is 0.531. The molecule has 3 aromatic rings. The normalized spacial score (nSPS) is 10.7. The van der Waals surface area contributed by atoms with Crippen molar-refractivity contribution in [1.82, 2.24) is 14.8 Å². The van der Waals surface area contributed by atoms with Crippen LogP contribution >= 0.6 is 23.2 Å². The summed E-state index contributed by atoms with van der Waals surface area (Å²) in [5, 5.41) is 5.64. The lowest BCUT2D eigenvalue weighted by Gasteiger charge is -2.10. The first-order valence-electron chi connectivity index (χ1n) is 6.11. The summed E-state index contributed by atoms with van der Waals surface area (Å²) in [4.78, 5) is 4.03. The summed E-state index contributed by atoms with van der Waals surface area (Å²) in [7, 11) is 0. The highest BCUT2D eigenvalue weighted by Gasteiger charge is 2.10. The molecular weight excluding hydrogens is 293 g/mol. The van der Waals surface area contributed by atoms with Gasteiger partial charge in [-0.2, -0.15) is 5.10 Å². The number of nitrogens with zero attached hydrogens (tertiary/aromatic N) is 3. The molecule has 0 amide bonds. The maximum atomic E-state index is 6.21. The maximum absolute atomic E-state index is 6.21. The van der Waals surface area contributed by atoms with Gasteiger partial charge in [-0.15, -0.1) is 0 Å². The second-order valence-electron chi connectivity index (χ2n) is 4.31.